The van der Waals surface area contributed by atoms with Crippen LogP contribution in [0.15, 0.2) is 52.7 Å². The monoisotopic (exact) mass is 374 g/mol. The number of carbonyl (C=O) groups is 2. The summed E-state index contributed by atoms with van der Waals surface area (Å²) in [6.45, 7) is 1.91. The highest BCUT2D eigenvalue weighted by atomic mass is 32.2. The molecule has 2 heterocycles. The second kappa shape index (κ2) is 9.06. The third-order valence-corrected chi connectivity index (χ3v) is 6.10. The molecule has 1 aromatic heterocycles. The van der Waals surface area contributed by atoms with Crippen molar-refractivity contribution in [2.24, 2.45) is 5.92 Å². The standard InChI is InChI=1S/C19H22N2O2S2/c22-18(20-10-13-24-16-7-2-1-3-8-16)15-6-4-11-21(14-15)19(23)17-9-5-12-25-17/h1-3,5,7-9,12,15H,4,6,10-11,13-14H2,(H,20,22). The Balaban J connectivity index is 1.43. The second-order valence-electron chi connectivity index (χ2n) is 6.02. The van der Waals surface area contributed by atoms with Gasteiger partial charge in [-0.25, -0.2) is 0 Å². The number of hydrogen-bond acceptors (Lipinski definition) is 4. The fourth-order valence-corrected chi connectivity index (χ4v) is 4.42. The van der Waals surface area contributed by atoms with Crippen LogP contribution in [0, 0.1) is 5.92 Å². The van der Waals surface area contributed by atoms with E-state index >= 15 is 0 Å². The molecule has 1 atom stereocenters. The molecule has 1 fully saturated rings. The highest BCUT2D eigenvalue weighted by molar-refractivity contribution is 7.99. The topological polar surface area (TPSA) is 49.4 Å². The molecule has 132 valence electrons. The number of piperidine rings is 1. The molecule has 6 heteroatoms. The van der Waals surface area contributed by atoms with Crippen LogP contribution in [-0.4, -0.2) is 42.1 Å². The summed E-state index contributed by atoms with van der Waals surface area (Å²) in [5.41, 5.74) is 0. The van der Waals surface area contributed by atoms with Gasteiger partial charge in [-0.3, -0.25) is 9.59 Å². The molecule has 1 aliphatic rings. The molecule has 1 saturated heterocycles. The van der Waals surface area contributed by atoms with Crippen LogP contribution in [0.25, 0.3) is 0 Å². The molecule has 0 saturated carbocycles. The maximum atomic E-state index is 12.4. The summed E-state index contributed by atoms with van der Waals surface area (Å²) in [7, 11) is 0. The highest BCUT2D eigenvalue weighted by Gasteiger charge is 2.28. The average molecular weight is 375 g/mol. The quantitative estimate of drug-likeness (QED) is 0.622. The number of hydrogen-bond donors (Lipinski definition) is 1. The lowest BCUT2D eigenvalue weighted by molar-refractivity contribution is -0.126. The van der Waals surface area contributed by atoms with E-state index in [4.69, 9.17) is 0 Å². The van der Waals surface area contributed by atoms with E-state index in [0.29, 0.717) is 13.1 Å². The number of amides is 2. The van der Waals surface area contributed by atoms with Crippen LogP contribution in [0.5, 0.6) is 0 Å². The smallest absolute Gasteiger partial charge is 0.263 e. The van der Waals surface area contributed by atoms with E-state index in [2.05, 4.69) is 17.4 Å². The van der Waals surface area contributed by atoms with E-state index in [1.807, 2.05) is 40.6 Å². The van der Waals surface area contributed by atoms with Crippen molar-refractivity contribution in [2.75, 3.05) is 25.4 Å². The van der Waals surface area contributed by atoms with Gasteiger partial charge < -0.3 is 10.2 Å². The Morgan fingerprint density at radius 2 is 2.04 bits per heavy atom. The fraction of sp³-hybridized carbons (Fsp3) is 0.368. The molecular formula is C19H22N2O2S2. The van der Waals surface area contributed by atoms with Gasteiger partial charge in [0.1, 0.15) is 0 Å². The van der Waals surface area contributed by atoms with Gasteiger partial charge in [-0.2, -0.15) is 0 Å². The first-order chi connectivity index (χ1) is 12.2. The van der Waals surface area contributed by atoms with E-state index in [0.717, 1.165) is 30.0 Å². The van der Waals surface area contributed by atoms with Crippen LogP contribution < -0.4 is 5.32 Å². The van der Waals surface area contributed by atoms with Gasteiger partial charge in [0.05, 0.1) is 10.8 Å². The lowest BCUT2D eigenvalue weighted by atomic mass is 9.97. The number of likely N-dealkylation sites (tertiary alicyclic amines) is 1. The first-order valence-electron chi connectivity index (χ1n) is 8.52. The number of rotatable bonds is 6. The van der Waals surface area contributed by atoms with Crippen molar-refractivity contribution in [3.05, 3.63) is 52.7 Å². The molecular weight excluding hydrogens is 352 g/mol. The molecule has 0 bridgehead atoms. The van der Waals surface area contributed by atoms with Crippen LogP contribution in [0.2, 0.25) is 0 Å². The predicted octanol–water partition coefficient (Wildman–Crippen LogP) is 3.51. The van der Waals surface area contributed by atoms with Crippen molar-refractivity contribution in [3.63, 3.8) is 0 Å². The number of nitrogens with one attached hydrogen (secondary N) is 1. The normalized spacial score (nSPS) is 17.3. The van der Waals surface area contributed by atoms with E-state index in [-0.39, 0.29) is 17.7 Å². The summed E-state index contributed by atoms with van der Waals surface area (Å²) in [6, 6.07) is 13.9. The van der Waals surface area contributed by atoms with Crippen LogP contribution in [0.3, 0.4) is 0 Å². The van der Waals surface area contributed by atoms with Crippen molar-refractivity contribution >= 4 is 34.9 Å². The number of thioether (sulfide) groups is 1. The van der Waals surface area contributed by atoms with Gasteiger partial charge in [-0.1, -0.05) is 24.3 Å². The first kappa shape index (κ1) is 18.0. The van der Waals surface area contributed by atoms with E-state index in [1.54, 1.807) is 11.8 Å². The van der Waals surface area contributed by atoms with Gasteiger partial charge in [-0.15, -0.1) is 23.1 Å². The van der Waals surface area contributed by atoms with Crippen LogP contribution >= 0.6 is 23.1 Å². The summed E-state index contributed by atoms with van der Waals surface area (Å²) in [5.74, 6) is 0.865. The van der Waals surface area contributed by atoms with Crippen LogP contribution in [0.1, 0.15) is 22.5 Å². The van der Waals surface area contributed by atoms with Crippen LogP contribution in [-0.2, 0) is 4.79 Å². The van der Waals surface area contributed by atoms with E-state index in [9.17, 15) is 9.59 Å². The van der Waals surface area contributed by atoms with Crippen LogP contribution in [0.4, 0.5) is 0 Å². The van der Waals surface area contributed by atoms with Gasteiger partial charge in [0.15, 0.2) is 0 Å². The number of carbonyl (C=O) groups excluding carboxylic acids is 2. The zero-order valence-electron chi connectivity index (χ0n) is 14.0. The Morgan fingerprint density at radius 1 is 1.20 bits per heavy atom. The number of thiophene rings is 1. The Morgan fingerprint density at radius 3 is 2.80 bits per heavy atom. The van der Waals surface area contributed by atoms with Crippen molar-refractivity contribution in [3.8, 4) is 0 Å². The molecule has 1 unspecified atom stereocenters. The van der Waals surface area contributed by atoms with Gasteiger partial charge in [0.2, 0.25) is 5.91 Å². The minimum Gasteiger partial charge on any atom is -0.355 e. The zero-order valence-corrected chi connectivity index (χ0v) is 15.7. The maximum absolute atomic E-state index is 12.4. The molecule has 1 aromatic carbocycles. The molecule has 0 radical (unpaired) electrons. The molecule has 3 rings (SSSR count). The third-order valence-electron chi connectivity index (χ3n) is 4.22. The minimum absolute atomic E-state index is 0.0483. The Kier molecular flexibility index (Phi) is 6.53. The second-order valence-corrected chi connectivity index (χ2v) is 8.14. The molecule has 2 amide bonds. The minimum atomic E-state index is -0.0978. The number of nitrogens with zero attached hydrogens (tertiary/aromatic N) is 1. The zero-order chi connectivity index (χ0) is 17.5. The third kappa shape index (κ3) is 5.09. The summed E-state index contributed by atoms with van der Waals surface area (Å²) in [5, 5.41) is 4.93. The SMILES string of the molecule is O=C(NCCSc1ccccc1)C1CCCN(C(=O)c2cccs2)C1. The molecule has 2 aromatic rings. The summed E-state index contributed by atoms with van der Waals surface area (Å²) < 4.78 is 0. The van der Waals surface area contributed by atoms with Crippen molar-refractivity contribution in [1.82, 2.24) is 10.2 Å². The molecule has 25 heavy (non-hydrogen) atoms. The molecule has 1 N–H and O–H groups in total. The maximum Gasteiger partial charge on any atom is 0.263 e. The Labute approximate surface area is 156 Å². The van der Waals surface area contributed by atoms with Gasteiger partial charge in [0.25, 0.3) is 5.91 Å². The highest BCUT2D eigenvalue weighted by Crippen LogP contribution is 2.21. The average Bonchev–Trinajstić information content (AvgIpc) is 3.20. The Bertz CT molecular complexity index is 689. The number of benzene rings is 1. The largest absolute Gasteiger partial charge is 0.355 e. The van der Waals surface area contributed by atoms with Crippen molar-refractivity contribution < 1.29 is 9.59 Å². The summed E-state index contributed by atoms with van der Waals surface area (Å²) in [4.78, 5) is 28.6. The summed E-state index contributed by atoms with van der Waals surface area (Å²) in [6.07, 6.45) is 1.74. The predicted molar refractivity (Wildman–Crippen MR) is 103 cm³/mol. The molecule has 0 aliphatic carbocycles. The molecule has 0 spiro atoms. The van der Waals surface area contributed by atoms with E-state index < -0.39 is 0 Å². The van der Waals surface area contributed by atoms with Gasteiger partial charge >= 0.3 is 0 Å². The van der Waals surface area contributed by atoms with E-state index in [1.165, 1.54) is 16.2 Å². The van der Waals surface area contributed by atoms with Gasteiger partial charge in [0, 0.05) is 30.3 Å². The lowest BCUT2D eigenvalue weighted by Gasteiger charge is -2.31. The van der Waals surface area contributed by atoms with Crippen molar-refractivity contribution in [1.29, 1.82) is 0 Å². The molecule has 4 nitrogen and oxygen atoms in total. The summed E-state index contributed by atoms with van der Waals surface area (Å²) >= 11 is 3.19. The van der Waals surface area contributed by atoms with Crippen molar-refractivity contribution in [2.45, 2.75) is 17.7 Å². The first-order valence-corrected chi connectivity index (χ1v) is 10.4. The van der Waals surface area contributed by atoms with Gasteiger partial charge in [-0.05, 0) is 36.4 Å². The lowest BCUT2D eigenvalue weighted by Crippen LogP contribution is -2.45. The molecule has 1 aliphatic heterocycles. The Hall–Kier alpha value is -1.79. The fourth-order valence-electron chi connectivity index (χ4n) is 2.94.